The fourth-order valence-corrected chi connectivity index (χ4v) is 20.7. The van der Waals surface area contributed by atoms with Gasteiger partial charge < -0.3 is 38.9 Å². The first-order chi connectivity index (χ1) is 52.2. The summed E-state index contributed by atoms with van der Waals surface area (Å²) in [5, 5.41) is 1.50. The van der Waals surface area contributed by atoms with Gasteiger partial charge in [0, 0.05) is 77.6 Å². The Morgan fingerprint density at radius 3 is 0.759 bits per heavy atom. The Kier molecular flexibility index (Phi) is 19.4. The van der Waals surface area contributed by atoms with E-state index in [2.05, 4.69) is 198 Å². The molecule has 4 N–H and O–H groups in total. The predicted octanol–water partition coefficient (Wildman–Crippen LogP) is 23.9. The van der Waals surface area contributed by atoms with Crippen LogP contribution >= 0.6 is 23.2 Å². The van der Waals surface area contributed by atoms with Gasteiger partial charge in [0.05, 0.1) is 70.6 Å². The normalized spacial score (nSPS) is 25.5. The standard InChI is InChI=1S/2C24H28N2O.2C23H25ClN2O/c2*1-15-5-7-20-21(12-15)26-23(25-20)17(3)18-8-10-24(11-9-18)14-27-22-13-16(2)4-6-19(22)24;2*1-14-3-5-18-21(11-14)27-13-23(18)9-7-16(8-10-23)15(2)22-25-19-6-4-17(24)12-20(19)26-22/h2*4-7,12-13,17-18H,8-11,14H2,1-3H3,(H,25,26);2*3-6,11-12,15-16H,7-10,13H2,1-2H3,(H,25,26)/t2*17-,18?,24?;2*15-,16?,23?/m1010/s1. The van der Waals surface area contributed by atoms with E-state index >= 15 is 0 Å². The highest BCUT2D eigenvalue weighted by Crippen LogP contribution is 2.56. The second-order valence-electron chi connectivity index (χ2n) is 34.6. The number of aromatic amines is 4. The molecule has 0 bridgehead atoms. The number of nitrogens with one attached hydrogen (secondary N) is 4. The fourth-order valence-electron chi connectivity index (χ4n) is 20.4. The van der Waals surface area contributed by atoms with Gasteiger partial charge in [0.2, 0.25) is 0 Å². The van der Waals surface area contributed by atoms with E-state index in [4.69, 9.17) is 62.1 Å². The Morgan fingerprint density at radius 2 is 0.509 bits per heavy atom. The molecule has 0 saturated heterocycles. The van der Waals surface area contributed by atoms with Gasteiger partial charge in [0.25, 0.3) is 0 Å². The van der Waals surface area contributed by atoms with Crippen LogP contribution in [0, 0.1) is 65.2 Å². The van der Waals surface area contributed by atoms with E-state index in [1.165, 1.54) is 158 Å². The lowest BCUT2D eigenvalue weighted by atomic mass is 9.65. The van der Waals surface area contributed by atoms with Crippen molar-refractivity contribution in [3.05, 3.63) is 235 Å². The molecule has 0 unspecified atom stereocenters. The predicted molar refractivity (Wildman–Crippen MR) is 439 cm³/mol. The van der Waals surface area contributed by atoms with Gasteiger partial charge in [-0.15, -0.1) is 0 Å². The SMILES string of the molecule is Cc1ccc2c(c1)OCC21CCC([C@@H](C)c2nc3ccc(C)cc3[nH]2)CC1.Cc1ccc2c(c1)OCC21CCC([C@@H](C)c2nc3ccc(Cl)cc3[nH]2)CC1.Cc1ccc2c(c1)OCC21CCC([C@H](C)c2nc3ccc(C)cc3[nH]2)CC1.Cc1ccc2c(c1)OCC21CCC([C@H](C)c2nc3ccc(Cl)cc3[nH]2)CC1. The molecular weight excluding hydrogens is 1380 g/mol. The zero-order valence-corrected chi connectivity index (χ0v) is 66.3. The quantitative estimate of drug-likeness (QED) is 0.117. The van der Waals surface area contributed by atoms with E-state index in [1.807, 2.05) is 36.4 Å². The van der Waals surface area contributed by atoms with Crippen LogP contribution in [-0.2, 0) is 21.7 Å². The number of rotatable bonds is 8. The number of hydrogen-bond acceptors (Lipinski definition) is 8. The Bertz CT molecular complexity index is 4650. The van der Waals surface area contributed by atoms with Crippen molar-refractivity contribution in [2.45, 2.75) is 217 Å². The van der Waals surface area contributed by atoms with Crippen LogP contribution in [-0.4, -0.2) is 66.3 Å². The molecule has 14 heteroatoms. The van der Waals surface area contributed by atoms with Gasteiger partial charge in [-0.2, -0.15) is 0 Å². The van der Waals surface area contributed by atoms with Crippen LogP contribution in [0.3, 0.4) is 0 Å². The van der Waals surface area contributed by atoms with Crippen LogP contribution in [0.4, 0.5) is 0 Å². The number of H-pyrrole nitrogens is 4. The van der Waals surface area contributed by atoms with Crippen LogP contribution in [0.5, 0.6) is 23.0 Å². The van der Waals surface area contributed by atoms with Crippen LogP contribution in [0.2, 0.25) is 10.0 Å². The Morgan fingerprint density at radius 1 is 0.296 bits per heavy atom. The number of imidazole rings is 4. The lowest BCUT2D eigenvalue weighted by molar-refractivity contribution is 0.169. The molecule has 4 aliphatic carbocycles. The Labute approximate surface area is 647 Å². The summed E-state index contributed by atoms with van der Waals surface area (Å²) in [6, 6.07) is 51.6. The van der Waals surface area contributed by atoms with Gasteiger partial charge in [-0.05, 0) is 286 Å². The molecule has 4 saturated carbocycles. The maximum atomic E-state index is 6.12. The van der Waals surface area contributed by atoms with Gasteiger partial charge in [0.15, 0.2) is 0 Å². The first-order valence-corrected chi connectivity index (χ1v) is 41.1. The number of ether oxygens (including phenoxy) is 4. The smallest absolute Gasteiger partial charge is 0.123 e. The summed E-state index contributed by atoms with van der Waals surface area (Å²) >= 11 is 12.2. The zero-order chi connectivity index (χ0) is 74.4. The number of aryl methyl sites for hydroxylation is 6. The highest BCUT2D eigenvalue weighted by Gasteiger charge is 2.49. The van der Waals surface area contributed by atoms with E-state index < -0.39 is 0 Å². The molecule has 12 nitrogen and oxygen atoms in total. The van der Waals surface area contributed by atoms with Crippen molar-refractivity contribution in [3.63, 3.8) is 0 Å². The van der Waals surface area contributed by atoms with Crippen molar-refractivity contribution < 1.29 is 18.9 Å². The number of fused-ring (bicyclic) bond motifs is 12. The highest BCUT2D eigenvalue weighted by atomic mass is 35.5. The molecule has 20 rings (SSSR count). The van der Waals surface area contributed by atoms with Crippen LogP contribution in [0.25, 0.3) is 44.1 Å². The minimum absolute atomic E-state index is 0.223. The van der Waals surface area contributed by atoms with Crippen LogP contribution in [0.1, 0.15) is 233 Å². The molecule has 0 radical (unpaired) electrons. The molecule has 8 aromatic carbocycles. The monoisotopic (exact) mass is 1480 g/mol. The molecule has 8 heterocycles. The Hall–Kier alpha value is -8.58. The summed E-state index contributed by atoms with van der Waals surface area (Å²) in [4.78, 5) is 33.6. The molecule has 4 atom stereocenters. The second-order valence-corrected chi connectivity index (χ2v) is 35.5. The third-order valence-corrected chi connectivity index (χ3v) is 28.1. The maximum Gasteiger partial charge on any atom is 0.123 e. The molecule has 4 aromatic heterocycles. The third kappa shape index (κ3) is 13.9. The molecule has 4 aliphatic heterocycles. The van der Waals surface area contributed by atoms with Crippen molar-refractivity contribution in [2.75, 3.05) is 26.4 Å². The van der Waals surface area contributed by atoms with E-state index in [0.717, 1.165) is 127 Å². The van der Waals surface area contributed by atoms with Crippen molar-refractivity contribution in [1.82, 2.24) is 39.9 Å². The summed E-state index contributed by atoms with van der Waals surface area (Å²) in [5.41, 5.74) is 22.9. The molecule has 4 spiro atoms. The van der Waals surface area contributed by atoms with E-state index in [0.29, 0.717) is 47.3 Å². The fraction of sp³-hybridized carbons (Fsp3) is 0.447. The summed E-state index contributed by atoms with van der Waals surface area (Å²) < 4.78 is 24.3. The topological polar surface area (TPSA) is 152 Å². The summed E-state index contributed by atoms with van der Waals surface area (Å²) in [6.07, 6.45) is 19.5. The van der Waals surface area contributed by atoms with E-state index in [9.17, 15) is 0 Å². The second kappa shape index (κ2) is 29.0. The average molecular weight is 1480 g/mol. The average Bonchev–Trinajstić information content (AvgIpc) is 1.60. The summed E-state index contributed by atoms with van der Waals surface area (Å²) in [5.74, 6) is 13.4. The minimum Gasteiger partial charge on any atom is -0.492 e. The lowest BCUT2D eigenvalue weighted by Gasteiger charge is -2.38. The van der Waals surface area contributed by atoms with E-state index in [-0.39, 0.29) is 21.7 Å². The first-order valence-electron chi connectivity index (χ1n) is 40.3. The van der Waals surface area contributed by atoms with Crippen LogP contribution in [0.15, 0.2) is 146 Å². The lowest BCUT2D eigenvalue weighted by Crippen LogP contribution is -2.34. The number of benzene rings is 8. The van der Waals surface area contributed by atoms with Gasteiger partial charge in [0.1, 0.15) is 46.3 Å². The molecule has 108 heavy (non-hydrogen) atoms. The van der Waals surface area contributed by atoms with Crippen LogP contribution < -0.4 is 18.9 Å². The van der Waals surface area contributed by atoms with Gasteiger partial charge in [-0.1, -0.05) is 112 Å². The molecule has 8 aliphatic rings. The number of hydrogen-bond donors (Lipinski definition) is 4. The van der Waals surface area contributed by atoms with Crippen molar-refractivity contribution in [1.29, 1.82) is 0 Å². The summed E-state index contributed by atoms with van der Waals surface area (Å²) in [6.45, 7) is 25.5. The van der Waals surface area contributed by atoms with Crippen molar-refractivity contribution in [2.24, 2.45) is 23.7 Å². The largest absolute Gasteiger partial charge is 0.492 e. The van der Waals surface area contributed by atoms with Gasteiger partial charge in [-0.3, -0.25) is 0 Å². The first kappa shape index (κ1) is 72.3. The van der Waals surface area contributed by atoms with Crippen molar-refractivity contribution in [3.8, 4) is 23.0 Å². The molecule has 0 amide bonds. The summed E-state index contributed by atoms with van der Waals surface area (Å²) in [7, 11) is 0. The molecular formula is C94H106Cl2N8O4. The molecule has 12 aromatic rings. The number of aromatic nitrogens is 8. The zero-order valence-electron chi connectivity index (χ0n) is 64.8. The number of halogens is 2. The third-order valence-electron chi connectivity index (χ3n) is 27.6. The minimum atomic E-state index is 0.223. The van der Waals surface area contributed by atoms with Gasteiger partial charge >= 0.3 is 0 Å². The van der Waals surface area contributed by atoms with Gasteiger partial charge in [-0.25, -0.2) is 19.9 Å². The molecule has 560 valence electrons. The highest BCUT2D eigenvalue weighted by molar-refractivity contribution is 6.31. The van der Waals surface area contributed by atoms with E-state index in [1.54, 1.807) is 0 Å². The Balaban J connectivity index is 0.000000105. The maximum absolute atomic E-state index is 6.12. The van der Waals surface area contributed by atoms with Crippen molar-refractivity contribution >= 4 is 67.3 Å². The number of nitrogens with zero attached hydrogens (tertiary/aromatic N) is 4. The molecule has 4 fully saturated rings.